The SMILES string of the molecule is CC(C)(C)C(=O)OC(C)(C)C(Cl)(Cl)Cl. The van der Waals surface area contributed by atoms with Crippen LogP contribution in [0, 0.1) is 5.41 Å². The molecule has 0 saturated carbocycles. The lowest BCUT2D eigenvalue weighted by atomic mass is 9.97. The summed E-state index contributed by atoms with van der Waals surface area (Å²) in [7, 11) is 0. The van der Waals surface area contributed by atoms with Gasteiger partial charge in [0.15, 0.2) is 5.60 Å². The molecule has 0 aliphatic rings. The molecule has 0 radical (unpaired) electrons. The predicted molar refractivity (Wildman–Crippen MR) is 59.9 cm³/mol. The van der Waals surface area contributed by atoms with Crippen molar-refractivity contribution in [2.24, 2.45) is 5.41 Å². The van der Waals surface area contributed by atoms with Gasteiger partial charge in [0.1, 0.15) is 0 Å². The summed E-state index contributed by atoms with van der Waals surface area (Å²) in [5.41, 5.74) is -1.74. The smallest absolute Gasteiger partial charge is 0.311 e. The van der Waals surface area contributed by atoms with Crippen molar-refractivity contribution in [1.82, 2.24) is 0 Å². The first-order valence-electron chi connectivity index (χ1n) is 4.18. The standard InChI is InChI=1S/C9H15Cl3O2/c1-7(2,3)6(13)14-8(4,5)9(10,11)12/h1-5H3. The Hall–Kier alpha value is 0.340. The van der Waals surface area contributed by atoms with Crippen molar-refractivity contribution >= 4 is 40.8 Å². The third-order valence-corrected chi connectivity index (χ3v) is 3.01. The summed E-state index contributed by atoms with van der Waals surface area (Å²) in [5.74, 6) is -0.395. The molecule has 0 spiro atoms. The van der Waals surface area contributed by atoms with Crippen molar-refractivity contribution in [3.63, 3.8) is 0 Å². The molecule has 84 valence electrons. The molecule has 0 fully saturated rings. The molecule has 0 amide bonds. The summed E-state index contributed by atoms with van der Waals surface area (Å²) in [5, 5.41) is 0. The molecule has 0 unspecified atom stereocenters. The van der Waals surface area contributed by atoms with Crippen molar-refractivity contribution in [3.05, 3.63) is 0 Å². The van der Waals surface area contributed by atoms with Crippen LogP contribution in [0.15, 0.2) is 0 Å². The molecule has 14 heavy (non-hydrogen) atoms. The number of hydrogen-bond donors (Lipinski definition) is 0. The van der Waals surface area contributed by atoms with Crippen molar-refractivity contribution in [2.75, 3.05) is 0 Å². The fraction of sp³-hybridized carbons (Fsp3) is 0.889. The van der Waals surface area contributed by atoms with Gasteiger partial charge in [-0.3, -0.25) is 4.79 Å². The third kappa shape index (κ3) is 3.84. The molecule has 0 aliphatic heterocycles. The number of carbonyl (C=O) groups excluding carboxylic acids is 1. The summed E-state index contributed by atoms with van der Waals surface area (Å²) in [6, 6.07) is 0. The Labute approximate surface area is 99.8 Å². The maximum absolute atomic E-state index is 11.5. The van der Waals surface area contributed by atoms with Gasteiger partial charge in [-0.2, -0.15) is 0 Å². The topological polar surface area (TPSA) is 26.3 Å². The quantitative estimate of drug-likeness (QED) is 0.531. The summed E-state index contributed by atoms with van der Waals surface area (Å²) in [6.45, 7) is 8.34. The minimum Gasteiger partial charge on any atom is -0.455 e. The number of alkyl halides is 3. The van der Waals surface area contributed by atoms with Gasteiger partial charge < -0.3 is 4.74 Å². The Morgan fingerprint density at radius 2 is 1.36 bits per heavy atom. The van der Waals surface area contributed by atoms with Crippen molar-refractivity contribution in [1.29, 1.82) is 0 Å². The van der Waals surface area contributed by atoms with E-state index >= 15 is 0 Å². The second-order valence-electron chi connectivity index (χ2n) is 4.65. The van der Waals surface area contributed by atoms with Crippen LogP contribution in [0.25, 0.3) is 0 Å². The van der Waals surface area contributed by atoms with Crippen LogP contribution >= 0.6 is 34.8 Å². The zero-order chi connectivity index (χ0) is 11.8. The molecule has 0 aromatic carbocycles. The minimum atomic E-state index is -1.63. The highest BCUT2D eigenvalue weighted by atomic mass is 35.6. The highest BCUT2D eigenvalue weighted by molar-refractivity contribution is 6.68. The molecular weight excluding hydrogens is 246 g/mol. The maximum Gasteiger partial charge on any atom is 0.311 e. The van der Waals surface area contributed by atoms with Crippen molar-refractivity contribution < 1.29 is 9.53 Å². The van der Waals surface area contributed by atoms with Crippen LogP contribution in [0.4, 0.5) is 0 Å². The first-order chi connectivity index (χ1) is 5.88. The average molecular weight is 262 g/mol. The van der Waals surface area contributed by atoms with Gasteiger partial charge in [-0.15, -0.1) is 0 Å². The Morgan fingerprint density at radius 1 is 1.00 bits per heavy atom. The van der Waals surface area contributed by atoms with E-state index in [4.69, 9.17) is 39.5 Å². The molecule has 0 heterocycles. The van der Waals surface area contributed by atoms with E-state index in [1.54, 1.807) is 34.6 Å². The average Bonchev–Trinajstić information content (AvgIpc) is 1.80. The molecule has 0 bridgehead atoms. The second-order valence-corrected chi connectivity index (χ2v) is 6.93. The van der Waals surface area contributed by atoms with E-state index < -0.39 is 20.8 Å². The lowest BCUT2D eigenvalue weighted by Crippen LogP contribution is -2.43. The van der Waals surface area contributed by atoms with E-state index in [-0.39, 0.29) is 0 Å². The first kappa shape index (κ1) is 14.3. The lowest BCUT2D eigenvalue weighted by molar-refractivity contribution is -0.165. The minimum absolute atomic E-state index is 0.395. The summed E-state index contributed by atoms with van der Waals surface area (Å²) < 4.78 is 3.50. The van der Waals surface area contributed by atoms with Gasteiger partial charge in [-0.05, 0) is 34.6 Å². The maximum atomic E-state index is 11.5. The molecule has 0 aromatic heterocycles. The third-order valence-electron chi connectivity index (χ3n) is 1.64. The Bertz CT molecular complexity index is 223. The Morgan fingerprint density at radius 3 is 1.57 bits per heavy atom. The van der Waals surface area contributed by atoms with Crippen LogP contribution in [0.3, 0.4) is 0 Å². The highest BCUT2D eigenvalue weighted by Gasteiger charge is 2.45. The number of ether oxygens (including phenoxy) is 1. The van der Waals surface area contributed by atoms with Crippen LogP contribution in [0.2, 0.25) is 0 Å². The van der Waals surface area contributed by atoms with Crippen LogP contribution in [-0.4, -0.2) is 15.4 Å². The van der Waals surface area contributed by atoms with E-state index in [1.165, 1.54) is 0 Å². The van der Waals surface area contributed by atoms with Crippen LogP contribution in [-0.2, 0) is 9.53 Å². The van der Waals surface area contributed by atoms with Crippen LogP contribution in [0.1, 0.15) is 34.6 Å². The Kier molecular flexibility index (Phi) is 4.17. The van der Waals surface area contributed by atoms with Gasteiger partial charge in [0, 0.05) is 0 Å². The normalized spacial score (nSPS) is 14.0. The molecule has 2 nitrogen and oxygen atoms in total. The van der Waals surface area contributed by atoms with Gasteiger partial charge >= 0.3 is 5.97 Å². The van der Waals surface area contributed by atoms with Crippen LogP contribution in [0.5, 0.6) is 0 Å². The molecule has 0 atom stereocenters. The van der Waals surface area contributed by atoms with Gasteiger partial charge in [0.25, 0.3) is 0 Å². The number of hydrogen-bond acceptors (Lipinski definition) is 2. The van der Waals surface area contributed by atoms with Crippen molar-refractivity contribution in [2.45, 2.75) is 44.0 Å². The molecule has 0 aliphatic carbocycles. The van der Waals surface area contributed by atoms with E-state index in [0.717, 1.165) is 0 Å². The molecule has 5 heteroatoms. The van der Waals surface area contributed by atoms with Gasteiger partial charge in [0.2, 0.25) is 3.79 Å². The number of halogens is 3. The fourth-order valence-electron chi connectivity index (χ4n) is 0.443. The van der Waals surface area contributed by atoms with E-state index in [2.05, 4.69) is 0 Å². The number of esters is 1. The monoisotopic (exact) mass is 260 g/mol. The van der Waals surface area contributed by atoms with Crippen LogP contribution < -0.4 is 0 Å². The van der Waals surface area contributed by atoms with Gasteiger partial charge in [0.05, 0.1) is 5.41 Å². The van der Waals surface area contributed by atoms with E-state index in [1.807, 2.05) is 0 Å². The first-order valence-corrected chi connectivity index (χ1v) is 5.31. The van der Waals surface area contributed by atoms with E-state index in [0.29, 0.717) is 0 Å². The molecule has 0 saturated heterocycles. The lowest BCUT2D eigenvalue weighted by Gasteiger charge is -2.34. The van der Waals surface area contributed by atoms with Gasteiger partial charge in [-0.1, -0.05) is 34.8 Å². The van der Waals surface area contributed by atoms with Crippen molar-refractivity contribution in [3.8, 4) is 0 Å². The highest BCUT2D eigenvalue weighted by Crippen LogP contribution is 2.41. The summed E-state index contributed by atoms with van der Waals surface area (Å²) in [4.78, 5) is 11.5. The molecule has 0 aromatic rings. The van der Waals surface area contributed by atoms with E-state index in [9.17, 15) is 4.79 Å². The summed E-state index contributed by atoms with van der Waals surface area (Å²) in [6.07, 6.45) is 0. The molecule has 0 rings (SSSR count). The zero-order valence-corrected chi connectivity index (χ0v) is 11.2. The fourth-order valence-corrected chi connectivity index (χ4v) is 0.558. The largest absolute Gasteiger partial charge is 0.455 e. The molecule has 0 N–H and O–H groups in total. The number of carbonyl (C=O) groups is 1. The Balaban J connectivity index is 4.62. The zero-order valence-electron chi connectivity index (χ0n) is 8.95. The number of rotatable bonds is 1. The predicted octanol–water partition coefficient (Wildman–Crippen LogP) is 3.72. The van der Waals surface area contributed by atoms with Gasteiger partial charge in [-0.25, -0.2) is 0 Å². The summed E-state index contributed by atoms with van der Waals surface area (Å²) >= 11 is 17.0. The molecular formula is C9H15Cl3O2. The second kappa shape index (κ2) is 4.07.